The Bertz CT molecular complexity index is 347. The molecule has 102 valence electrons. The molecule has 0 N–H and O–H groups in total. The minimum Gasteiger partial charge on any atom is -0.460 e. The number of rotatable bonds is 2. The van der Waals surface area contributed by atoms with Crippen molar-refractivity contribution >= 4 is 17.5 Å². The first-order chi connectivity index (χ1) is 8.36. The maximum atomic E-state index is 12.0. The van der Waals surface area contributed by atoms with Gasteiger partial charge in [-0.15, -0.1) is 0 Å². The zero-order valence-electron chi connectivity index (χ0n) is 11.2. The summed E-state index contributed by atoms with van der Waals surface area (Å²) in [5.74, 6) is -1.12. The molecule has 0 radical (unpaired) electrons. The topological polar surface area (TPSA) is 69.7 Å². The van der Waals surface area contributed by atoms with Gasteiger partial charge in [0.2, 0.25) is 5.60 Å². The lowest BCUT2D eigenvalue weighted by atomic mass is 9.96. The highest BCUT2D eigenvalue weighted by atomic mass is 16.6. The second-order valence-corrected chi connectivity index (χ2v) is 4.94. The molecule has 5 heteroatoms. The Morgan fingerprint density at radius 2 is 1.89 bits per heavy atom. The van der Waals surface area contributed by atoms with Crippen LogP contribution in [0.4, 0.5) is 0 Å². The first-order valence-electron chi connectivity index (χ1n) is 6.26. The number of carbonyl (C=O) groups is 3. The van der Waals surface area contributed by atoms with Crippen molar-refractivity contribution in [1.82, 2.24) is 0 Å². The zero-order valence-corrected chi connectivity index (χ0v) is 11.2. The highest BCUT2D eigenvalue weighted by Gasteiger charge is 2.44. The van der Waals surface area contributed by atoms with E-state index in [-0.39, 0.29) is 30.7 Å². The van der Waals surface area contributed by atoms with Crippen molar-refractivity contribution < 1.29 is 23.9 Å². The standard InChI is InChI=1S/C13H20O5/c1-9(2)18-12(16)13(3)11(15)7-5-4-6-10(14)8-17-13/h9H,4-8H2,1-3H3/t13-/m1/s1. The highest BCUT2D eigenvalue weighted by Crippen LogP contribution is 2.21. The van der Waals surface area contributed by atoms with Gasteiger partial charge in [0.1, 0.15) is 6.61 Å². The number of hydrogen-bond acceptors (Lipinski definition) is 5. The SMILES string of the molecule is CC(C)OC(=O)[C@]1(C)OCC(=O)CCCCC1=O. The number of Topliss-reactive ketones (excluding diaryl/α,β-unsaturated/α-hetero) is 2. The maximum absolute atomic E-state index is 12.0. The molecule has 1 atom stereocenters. The van der Waals surface area contributed by atoms with E-state index in [1.807, 2.05) is 0 Å². The lowest BCUT2D eigenvalue weighted by Crippen LogP contribution is -2.48. The molecule has 1 rings (SSSR count). The summed E-state index contributed by atoms with van der Waals surface area (Å²) in [5, 5.41) is 0. The molecule has 1 fully saturated rings. The van der Waals surface area contributed by atoms with Crippen LogP contribution < -0.4 is 0 Å². The number of hydrogen-bond donors (Lipinski definition) is 0. The van der Waals surface area contributed by atoms with Crippen LogP contribution >= 0.6 is 0 Å². The molecule has 1 heterocycles. The van der Waals surface area contributed by atoms with Crippen LogP contribution in [-0.2, 0) is 23.9 Å². The van der Waals surface area contributed by atoms with Crippen LogP contribution in [0.3, 0.4) is 0 Å². The molecule has 1 saturated heterocycles. The Hall–Kier alpha value is -1.23. The number of esters is 1. The molecule has 0 bridgehead atoms. The monoisotopic (exact) mass is 256 g/mol. The number of ether oxygens (including phenoxy) is 2. The van der Waals surface area contributed by atoms with Crippen LogP contribution in [0.2, 0.25) is 0 Å². The van der Waals surface area contributed by atoms with E-state index in [9.17, 15) is 14.4 Å². The van der Waals surface area contributed by atoms with Gasteiger partial charge in [0.25, 0.3) is 0 Å². The van der Waals surface area contributed by atoms with Crippen LogP contribution in [0.5, 0.6) is 0 Å². The van der Waals surface area contributed by atoms with Crippen LogP contribution in [0.15, 0.2) is 0 Å². The van der Waals surface area contributed by atoms with Gasteiger partial charge >= 0.3 is 5.97 Å². The molecule has 0 aromatic rings. The predicted octanol–water partition coefficient (Wildman–Crippen LogP) is 1.43. The summed E-state index contributed by atoms with van der Waals surface area (Å²) in [7, 11) is 0. The highest BCUT2D eigenvalue weighted by molar-refractivity contribution is 6.07. The first-order valence-corrected chi connectivity index (χ1v) is 6.26. The second kappa shape index (κ2) is 6.09. The third-order valence-corrected chi connectivity index (χ3v) is 2.90. The van der Waals surface area contributed by atoms with E-state index in [1.165, 1.54) is 6.92 Å². The van der Waals surface area contributed by atoms with E-state index >= 15 is 0 Å². The Balaban J connectivity index is 2.87. The largest absolute Gasteiger partial charge is 0.460 e. The van der Waals surface area contributed by atoms with Gasteiger partial charge in [0.15, 0.2) is 11.6 Å². The molecular weight excluding hydrogens is 236 g/mol. The van der Waals surface area contributed by atoms with Crippen molar-refractivity contribution in [2.75, 3.05) is 6.61 Å². The van der Waals surface area contributed by atoms with Crippen LogP contribution in [0.1, 0.15) is 46.5 Å². The molecule has 0 aromatic heterocycles. The fourth-order valence-electron chi connectivity index (χ4n) is 1.72. The maximum Gasteiger partial charge on any atom is 0.346 e. The van der Waals surface area contributed by atoms with Crippen LogP contribution in [-0.4, -0.2) is 35.8 Å². The van der Waals surface area contributed by atoms with Crippen molar-refractivity contribution in [3.8, 4) is 0 Å². The van der Waals surface area contributed by atoms with E-state index < -0.39 is 11.6 Å². The number of carbonyl (C=O) groups excluding carboxylic acids is 3. The van der Waals surface area contributed by atoms with E-state index in [1.54, 1.807) is 13.8 Å². The van der Waals surface area contributed by atoms with E-state index in [0.717, 1.165) is 0 Å². The Morgan fingerprint density at radius 3 is 2.50 bits per heavy atom. The molecular formula is C13H20O5. The van der Waals surface area contributed by atoms with Gasteiger partial charge in [-0.25, -0.2) is 4.79 Å². The predicted molar refractivity (Wildman–Crippen MR) is 64.1 cm³/mol. The van der Waals surface area contributed by atoms with Gasteiger partial charge in [0, 0.05) is 12.8 Å². The molecule has 0 spiro atoms. The molecule has 1 aliphatic rings. The minimum atomic E-state index is -1.65. The summed E-state index contributed by atoms with van der Waals surface area (Å²) in [4.78, 5) is 35.4. The minimum absolute atomic E-state index is 0.0896. The second-order valence-electron chi connectivity index (χ2n) is 4.94. The average Bonchev–Trinajstić information content (AvgIpc) is 2.34. The van der Waals surface area contributed by atoms with Crippen molar-refractivity contribution in [3.63, 3.8) is 0 Å². The lowest BCUT2D eigenvalue weighted by Gasteiger charge is -2.26. The van der Waals surface area contributed by atoms with Gasteiger partial charge in [-0.05, 0) is 33.6 Å². The number of ketones is 2. The third kappa shape index (κ3) is 3.63. The third-order valence-electron chi connectivity index (χ3n) is 2.90. The summed E-state index contributed by atoms with van der Waals surface area (Å²) in [6, 6.07) is 0. The lowest BCUT2D eigenvalue weighted by molar-refractivity contribution is -0.178. The average molecular weight is 256 g/mol. The summed E-state index contributed by atoms with van der Waals surface area (Å²) in [5.41, 5.74) is -1.65. The summed E-state index contributed by atoms with van der Waals surface area (Å²) in [6.07, 6.45) is 1.55. The Kier molecular flexibility index (Phi) is 5.02. The fraction of sp³-hybridized carbons (Fsp3) is 0.769. The van der Waals surface area contributed by atoms with Crippen molar-refractivity contribution in [1.29, 1.82) is 0 Å². The summed E-state index contributed by atoms with van der Waals surface area (Å²) < 4.78 is 10.3. The van der Waals surface area contributed by atoms with Crippen molar-refractivity contribution in [3.05, 3.63) is 0 Å². The Morgan fingerprint density at radius 1 is 1.28 bits per heavy atom. The molecule has 0 unspecified atom stereocenters. The van der Waals surface area contributed by atoms with E-state index in [2.05, 4.69) is 0 Å². The zero-order chi connectivity index (χ0) is 13.8. The summed E-state index contributed by atoms with van der Waals surface area (Å²) >= 11 is 0. The smallest absolute Gasteiger partial charge is 0.346 e. The molecule has 0 amide bonds. The van der Waals surface area contributed by atoms with Gasteiger partial charge in [-0.1, -0.05) is 0 Å². The molecule has 5 nitrogen and oxygen atoms in total. The molecule has 0 aliphatic carbocycles. The first kappa shape index (κ1) is 14.8. The van der Waals surface area contributed by atoms with Crippen molar-refractivity contribution in [2.45, 2.75) is 58.2 Å². The summed E-state index contributed by atoms with van der Waals surface area (Å²) in [6.45, 7) is 4.58. The van der Waals surface area contributed by atoms with Gasteiger partial charge in [-0.2, -0.15) is 0 Å². The normalized spacial score (nSPS) is 26.4. The molecule has 18 heavy (non-hydrogen) atoms. The van der Waals surface area contributed by atoms with E-state index in [4.69, 9.17) is 9.47 Å². The van der Waals surface area contributed by atoms with Crippen LogP contribution in [0.25, 0.3) is 0 Å². The fourth-order valence-corrected chi connectivity index (χ4v) is 1.72. The van der Waals surface area contributed by atoms with Gasteiger partial charge < -0.3 is 9.47 Å². The molecule has 0 saturated carbocycles. The molecule has 0 aromatic carbocycles. The quantitative estimate of drug-likeness (QED) is 0.552. The van der Waals surface area contributed by atoms with Crippen LogP contribution in [0, 0.1) is 0 Å². The van der Waals surface area contributed by atoms with Crippen molar-refractivity contribution in [2.24, 2.45) is 0 Å². The van der Waals surface area contributed by atoms with E-state index in [0.29, 0.717) is 19.3 Å². The molecule has 1 aliphatic heterocycles. The van der Waals surface area contributed by atoms with Gasteiger partial charge in [-0.3, -0.25) is 9.59 Å². The Labute approximate surface area is 107 Å². The van der Waals surface area contributed by atoms with Gasteiger partial charge in [0.05, 0.1) is 6.10 Å².